The second kappa shape index (κ2) is 8.67. The molecule has 0 saturated heterocycles. The molecule has 0 aliphatic heterocycles. The molecule has 0 bridgehead atoms. The highest BCUT2D eigenvalue weighted by molar-refractivity contribution is 9.10. The first-order valence-electron chi connectivity index (χ1n) is 7.09. The molecule has 0 radical (unpaired) electrons. The topological polar surface area (TPSA) is 87.4 Å². The maximum absolute atomic E-state index is 12.1. The van der Waals surface area contributed by atoms with Gasteiger partial charge in [0.05, 0.1) is 7.11 Å². The number of halogens is 1. The lowest BCUT2D eigenvalue weighted by Crippen LogP contribution is -2.45. The van der Waals surface area contributed by atoms with Gasteiger partial charge in [0.15, 0.2) is 0 Å². The summed E-state index contributed by atoms with van der Waals surface area (Å²) < 4.78 is 5.39. The van der Waals surface area contributed by atoms with E-state index in [0.717, 1.165) is 43.6 Å². The highest BCUT2D eigenvalue weighted by Crippen LogP contribution is 2.07. The Bertz CT molecular complexity index is 662. The van der Waals surface area contributed by atoms with Gasteiger partial charge in [0.25, 0.3) is 5.56 Å². The molecule has 0 spiro atoms. The van der Waals surface area contributed by atoms with Gasteiger partial charge in [-0.3, -0.25) is 9.59 Å². The molecule has 1 rings (SSSR count). The number of nitrogens with zero attached hydrogens (tertiary/aromatic N) is 2. The Morgan fingerprint density at radius 3 is 2.41 bits per heavy atom. The number of carbonyl (C=O) groups excluding carboxylic acids is 2. The quantitative estimate of drug-likeness (QED) is 0.713. The average molecular weight is 375 g/mol. The third kappa shape index (κ3) is 4.40. The molecular formula is C14H19BrN2O5. The molecule has 0 saturated carbocycles. The summed E-state index contributed by atoms with van der Waals surface area (Å²) in [5.41, 5.74) is -1.87. The van der Waals surface area contributed by atoms with Gasteiger partial charge >= 0.3 is 11.8 Å². The zero-order valence-electron chi connectivity index (χ0n) is 12.6. The molecule has 7 nitrogen and oxygen atoms in total. The van der Waals surface area contributed by atoms with Gasteiger partial charge in [-0.05, 0) is 22.4 Å². The van der Waals surface area contributed by atoms with Gasteiger partial charge < -0.3 is 4.74 Å². The van der Waals surface area contributed by atoms with Crippen molar-refractivity contribution >= 4 is 27.9 Å². The van der Waals surface area contributed by atoms with Gasteiger partial charge in [-0.25, -0.2) is 14.2 Å². The SMILES string of the molecule is CCCCCCCC(=O)n1cc(Br)c(=O)n(C(=O)OC)c1=O. The van der Waals surface area contributed by atoms with Crippen LogP contribution in [0.1, 0.15) is 50.2 Å². The Hall–Kier alpha value is -1.70. The van der Waals surface area contributed by atoms with Crippen molar-refractivity contribution in [3.8, 4) is 0 Å². The molecule has 122 valence electrons. The van der Waals surface area contributed by atoms with Crippen LogP contribution in [0.4, 0.5) is 4.79 Å². The summed E-state index contributed by atoms with van der Waals surface area (Å²) in [6.07, 6.45) is 4.93. The number of carbonyl (C=O) groups is 2. The van der Waals surface area contributed by atoms with Crippen LogP contribution in [0.15, 0.2) is 20.3 Å². The van der Waals surface area contributed by atoms with Crippen molar-refractivity contribution in [2.24, 2.45) is 0 Å². The first-order valence-corrected chi connectivity index (χ1v) is 7.89. The highest BCUT2D eigenvalue weighted by Gasteiger charge is 2.19. The summed E-state index contributed by atoms with van der Waals surface area (Å²) in [5, 5.41) is 0. The van der Waals surface area contributed by atoms with E-state index in [-0.39, 0.29) is 10.9 Å². The lowest BCUT2D eigenvalue weighted by Gasteiger charge is -2.08. The van der Waals surface area contributed by atoms with Crippen molar-refractivity contribution < 1.29 is 14.3 Å². The number of hydrogen-bond acceptors (Lipinski definition) is 5. The number of rotatable bonds is 6. The third-order valence-corrected chi connectivity index (χ3v) is 3.71. The summed E-state index contributed by atoms with van der Waals surface area (Å²) >= 11 is 2.95. The summed E-state index contributed by atoms with van der Waals surface area (Å²) in [7, 11) is 1.05. The van der Waals surface area contributed by atoms with Crippen LogP contribution < -0.4 is 11.2 Å². The molecule has 0 aromatic carbocycles. The minimum absolute atomic E-state index is 0.0585. The van der Waals surface area contributed by atoms with Gasteiger partial charge in [0.2, 0.25) is 5.91 Å². The summed E-state index contributed by atoms with van der Waals surface area (Å²) in [6.45, 7) is 2.10. The molecule has 0 amide bonds. The Morgan fingerprint density at radius 1 is 1.18 bits per heavy atom. The molecule has 1 aromatic heterocycles. The van der Waals surface area contributed by atoms with Gasteiger partial charge in [-0.1, -0.05) is 32.6 Å². The van der Waals surface area contributed by atoms with Gasteiger partial charge in [0, 0.05) is 12.6 Å². The molecule has 1 heterocycles. The zero-order chi connectivity index (χ0) is 16.7. The molecule has 0 aliphatic carbocycles. The van der Waals surface area contributed by atoms with E-state index in [4.69, 9.17) is 0 Å². The van der Waals surface area contributed by atoms with Gasteiger partial charge in [0.1, 0.15) is 4.47 Å². The van der Waals surface area contributed by atoms with E-state index < -0.39 is 23.2 Å². The van der Waals surface area contributed by atoms with Crippen LogP contribution in [0.5, 0.6) is 0 Å². The first kappa shape index (κ1) is 18.3. The number of hydrogen-bond donors (Lipinski definition) is 0. The van der Waals surface area contributed by atoms with Crippen LogP contribution in [-0.2, 0) is 4.74 Å². The molecule has 0 N–H and O–H groups in total. The zero-order valence-corrected chi connectivity index (χ0v) is 14.2. The molecule has 8 heteroatoms. The Morgan fingerprint density at radius 2 is 1.82 bits per heavy atom. The smallest absolute Gasteiger partial charge is 0.425 e. The second-order valence-corrected chi connectivity index (χ2v) is 5.65. The standard InChI is InChI=1S/C14H19BrN2O5/c1-3-4-5-6-7-8-11(18)16-9-10(15)12(19)17(13(16)20)14(21)22-2/h9H,3-8H2,1-2H3. The van der Waals surface area contributed by atoms with E-state index >= 15 is 0 Å². The monoisotopic (exact) mass is 374 g/mol. The minimum atomic E-state index is -1.12. The van der Waals surface area contributed by atoms with E-state index in [1.54, 1.807) is 0 Å². The van der Waals surface area contributed by atoms with E-state index in [1.807, 2.05) is 0 Å². The average Bonchev–Trinajstić information content (AvgIpc) is 2.50. The third-order valence-electron chi connectivity index (χ3n) is 3.17. The molecule has 0 atom stereocenters. The van der Waals surface area contributed by atoms with Crippen molar-refractivity contribution in [3.05, 3.63) is 31.5 Å². The van der Waals surface area contributed by atoms with E-state index in [1.165, 1.54) is 0 Å². The van der Waals surface area contributed by atoms with Gasteiger partial charge in [-0.2, -0.15) is 4.57 Å². The summed E-state index contributed by atoms with van der Waals surface area (Å²) in [6, 6.07) is 0. The normalized spacial score (nSPS) is 10.5. The van der Waals surface area contributed by atoms with Crippen LogP contribution >= 0.6 is 15.9 Å². The van der Waals surface area contributed by atoms with Crippen molar-refractivity contribution in [2.45, 2.75) is 45.4 Å². The Kier molecular flexibility index (Phi) is 7.23. The van der Waals surface area contributed by atoms with E-state index in [0.29, 0.717) is 11.0 Å². The number of unbranched alkanes of at least 4 members (excludes halogenated alkanes) is 4. The Balaban J connectivity index is 2.98. The number of ether oxygens (including phenoxy) is 1. The largest absolute Gasteiger partial charge is 0.452 e. The number of aromatic nitrogens is 2. The van der Waals surface area contributed by atoms with Gasteiger partial charge in [-0.15, -0.1) is 0 Å². The summed E-state index contributed by atoms with van der Waals surface area (Å²) in [4.78, 5) is 47.5. The van der Waals surface area contributed by atoms with E-state index in [9.17, 15) is 19.2 Å². The van der Waals surface area contributed by atoms with E-state index in [2.05, 4.69) is 27.6 Å². The first-order chi connectivity index (χ1) is 10.4. The highest BCUT2D eigenvalue weighted by atomic mass is 79.9. The molecule has 0 fully saturated rings. The molecule has 0 aliphatic rings. The lowest BCUT2D eigenvalue weighted by atomic mass is 10.1. The van der Waals surface area contributed by atoms with Crippen LogP contribution in [-0.4, -0.2) is 28.2 Å². The molecule has 22 heavy (non-hydrogen) atoms. The number of methoxy groups -OCH3 is 1. The van der Waals surface area contributed by atoms with Crippen molar-refractivity contribution in [2.75, 3.05) is 7.11 Å². The maximum Gasteiger partial charge on any atom is 0.425 e. The predicted octanol–water partition coefficient (Wildman–Crippen LogP) is 2.39. The fraction of sp³-hybridized carbons (Fsp3) is 0.571. The van der Waals surface area contributed by atoms with Crippen LogP contribution in [0.2, 0.25) is 0 Å². The molecular weight excluding hydrogens is 356 g/mol. The van der Waals surface area contributed by atoms with Crippen molar-refractivity contribution in [3.63, 3.8) is 0 Å². The Labute approximate surface area is 136 Å². The fourth-order valence-electron chi connectivity index (χ4n) is 1.96. The summed E-state index contributed by atoms with van der Waals surface area (Å²) in [5.74, 6) is -0.458. The lowest BCUT2D eigenvalue weighted by molar-refractivity contribution is 0.0890. The van der Waals surface area contributed by atoms with Crippen LogP contribution in [0.3, 0.4) is 0 Å². The fourth-order valence-corrected chi connectivity index (χ4v) is 2.34. The van der Waals surface area contributed by atoms with Crippen LogP contribution in [0.25, 0.3) is 0 Å². The van der Waals surface area contributed by atoms with Crippen LogP contribution in [0, 0.1) is 0 Å². The van der Waals surface area contributed by atoms with Crippen molar-refractivity contribution in [1.82, 2.24) is 9.13 Å². The maximum atomic E-state index is 12.1. The minimum Gasteiger partial charge on any atom is -0.452 e. The molecule has 0 unspecified atom stereocenters. The predicted molar refractivity (Wildman–Crippen MR) is 84.5 cm³/mol. The molecule has 1 aromatic rings. The second-order valence-electron chi connectivity index (χ2n) is 4.80. The van der Waals surface area contributed by atoms with Crippen molar-refractivity contribution in [1.29, 1.82) is 0 Å².